The maximum Gasteiger partial charge on any atom is 0.255 e. The molecule has 27 heavy (non-hydrogen) atoms. The van der Waals surface area contributed by atoms with Gasteiger partial charge in [0.2, 0.25) is 5.82 Å². The third-order valence-corrected chi connectivity index (χ3v) is 4.27. The Balaban J connectivity index is 1.84. The summed E-state index contributed by atoms with van der Waals surface area (Å²) in [4.78, 5) is 9.12. The van der Waals surface area contributed by atoms with Gasteiger partial charge in [-0.3, -0.25) is 0 Å². The Kier molecular flexibility index (Phi) is 4.68. The average Bonchev–Trinajstić information content (AvgIpc) is 3.32. The van der Waals surface area contributed by atoms with Crippen molar-refractivity contribution in [1.82, 2.24) is 19.6 Å². The van der Waals surface area contributed by atoms with E-state index in [2.05, 4.69) is 27.3 Å². The number of nitrogens with one attached hydrogen (secondary N) is 1. The highest BCUT2D eigenvalue weighted by molar-refractivity contribution is 6.31. The minimum absolute atomic E-state index is 0.474. The molecule has 0 saturated carbocycles. The first-order valence-electron chi connectivity index (χ1n) is 8.59. The molecule has 1 aromatic carbocycles. The second-order valence-electron chi connectivity index (χ2n) is 5.98. The van der Waals surface area contributed by atoms with E-state index in [9.17, 15) is 0 Å². The van der Waals surface area contributed by atoms with Gasteiger partial charge in [0.15, 0.2) is 5.76 Å². The molecule has 4 aromatic rings. The first-order chi connectivity index (χ1) is 13.2. The highest BCUT2D eigenvalue weighted by atomic mass is 35.5. The monoisotopic (exact) mass is 383 g/mol. The molecule has 0 saturated heterocycles. The van der Waals surface area contributed by atoms with Gasteiger partial charge in [-0.05, 0) is 36.8 Å². The molecule has 0 spiro atoms. The Morgan fingerprint density at radius 1 is 1.22 bits per heavy atom. The van der Waals surface area contributed by atoms with E-state index in [1.807, 2.05) is 18.2 Å². The Bertz CT molecular complexity index is 1080. The Morgan fingerprint density at radius 3 is 2.85 bits per heavy atom. The van der Waals surface area contributed by atoms with Crippen molar-refractivity contribution in [2.24, 2.45) is 0 Å². The molecular formula is C19H18ClN5O2. The van der Waals surface area contributed by atoms with Crippen LogP contribution in [0.2, 0.25) is 5.02 Å². The third kappa shape index (κ3) is 3.46. The second-order valence-corrected chi connectivity index (χ2v) is 6.41. The van der Waals surface area contributed by atoms with Gasteiger partial charge in [-0.25, -0.2) is 4.98 Å². The molecule has 3 heterocycles. The summed E-state index contributed by atoms with van der Waals surface area (Å²) >= 11 is 6.16. The zero-order valence-electron chi connectivity index (χ0n) is 14.9. The van der Waals surface area contributed by atoms with Crippen molar-refractivity contribution < 1.29 is 9.15 Å². The third-order valence-electron chi connectivity index (χ3n) is 4.04. The molecule has 138 valence electrons. The summed E-state index contributed by atoms with van der Waals surface area (Å²) in [6.07, 6.45) is 3.40. The van der Waals surface area contributed by atoms with E-state index in [1.165, 1.54) is 0 Å². The smallest absolute Gasteiger partial charge is 0.255 e. The summed E-state index contributed by atoms with van der Waals surface area (Å²) in [7, 11) is 1.61. The van der Waals surface area contributed by atoms with E-state index in [0.29, 0.717) is 34.0 Å². The standard InChI is InChI=1S/C19H18ClN5O2/c1-3-5-13-11-17(22-14-10-12(20)7-8-15(14)26-2)25-19(21-13)23-18(24-25)16-6-4-9-27-16/h4,6-11,22H,3,5H2,1-2H3. The molecule has 0 radical (unpaired) electrons. The fourth-order valence-corrected chi connectivity index (χ4v) is 2.99. The van der Waals surface area contributed by atoms with Crippen molar-refractivity contribution in [2.45, 2.75) is 19.8 Å². The fourth-order valence-electron chi connectivity index (χ4n) is 2.82. The molecule has 7 nitrogen and oxygen atoms in total. The maximum absolute atomic E-state index is 6.16. The molecule has 1 N–H and O–H groups in total. The van der Waals surface area contributed by atoms with Gasteiger partial charge in [0, 0.05) is 16.8 Å². The number of benzene rings is 1. The zero-order valence-corrected chi connectivity index (χ0v) is 15.7. The van der Waals surface area contributed by atoms with Gasteiger partial charge in [0.05, 0.1) is 19.1 Å². The number of halogens is 1. The quantitative estimate of drug-likeness (QED) is 0.518. The summed E-state index contributed by atoms with van der Waals surface area (Å²) in [6, 6.07) is 11.0. The minimum atomic E-state index is 0.474. The molecular weight excluding hydrogens is 366 g/mol. The maximum atomic E-state index is 6.16. The van der Waals surface area contributed by atoms with Crippen molar-refractivity contribution in [3.63, 3.8) is 0 Å². The molecule has 0 aliphatic carbocycles. The molecule has 3 aromatic heterocycles. The Hall–Kier alpha value is -3.06. The summed E-state index contributed by atoms with van der Waals surface area (Å²) in [5.74, 6) is 2.95. The fraction of sp³-hybridized carbons (Fsp3) is 0.211. The van der Waals surface area contributed by atoms with Crippen LogP contribution in [0.4, 0.5) is 11.5 Å². The van der Waals surface area contributed by atoms with Gasteiger partial charge >= 0.3 is 0 Å². The normalized spacial score (nSPS) is 11.1. The summed E-state index contributed by atoms with van der Waals surface area (Å²) in [5, 5.41) is 8.49. The highest BCUT2D eigenvalue weighted by Crippen LogP contribution is 2.31. The second kappa shape index (κ2) is 7.28. The van der Waals surface area contributed by atoms with Gasteiger partial charge in [-0.2, -0.15) is 9.50 Å². The molecule has 0 amide bonds. The van der Waals surface area contributed by atoms with E-state index in [4.69, 9.17) is 20.8 Å². The molecule has 0 unspecified atom stereocenters. The number of ether oxygens (including phenoxy) is 1. The van der Waals surface area contributed by atoms with Gasteiger partial charge in [-0.15, -0.1) is 5.10 Å². The van der Waals surface area contributed by atoms with Crippen LogP contribution in [0.25, 0.3) is 17.4 Å². The lowest BCUT2D eigenvalue weighted by molar-refractivity contribution is 0.417. The van der Waals surface area contributed by atoms with Gasteiger partial charge in [0.1, 0.15) is 11.6 Å². The summed E-state index contributed by atoms with van der Waals surface area (Å²) < 4.78 is 12.5. The molecule has 4 rings (SSSR count). The van der Waals surface area contributed by atoms with Crippen molar-refractivity contribution in [3.8, 4) is 17.3 Å². The van der Waals surface area contributed by atoms with Crippen molar-refractivity contribution in [3.05, 3.63) is 53.4 Å². The number of hydrogen-bond donors (Lipinski definition) is 1. The predicted octanol–water partition coefficient (Wildman–Crippen LogP) is 4.74. The van der Waals surface area contributed by atoms with Gasteiger partial charge < -0.3 is 14.5 Å². The van der Waals surface area contributed by atoms with Gasteiger partial charge in [0.25, 0.3) is 5.78 Å². The largest absolute Gasteiger partial charge is 0.495 e. The van der Waals surface area contributed by atoms with Crippen molar-refractivity contribution >= 4 is 28.9 Å². The van der Waals surface area contributed by atoms with Crippen molar-refractivity contribution in [1.29, 1.82) is 0 Å². The highest BCUT2D eigenvalue weighted by Gasteiger charge is 2.15. The number of fused-ring (bicyclic) bond motifs is 1. The number of hydrogen-bond acceptors (Lipinski definition) is 6. The van der Waals surface area contributed by atoms with E-state index in [1.54, 1.807) is 36.1 Å². The SMILES string of the molecule is CCCc1cc(Nc2cc(Cl)ccc2OC)n2nc(-c3ccco3)nc2n1. The van der Waals surface area contributed by atoms with Crippen LogP contribution >= 0.6 is 11.6 Å². The van der Waals surface area contributed by atoms with Crippen LogP contribution in [0.5, 0.6) is 5.75 Å². The molecule has 0 fully saturated rings. The van der Waals surface area contributed by atoms with E-state index in [0.717, 1.165) is 24.2 Å². The van der Waals surface area contributed by atoms with Crippen LogP contribution in [0.1, 0.15) is 19.0 Å². The number of aryl methyl sites for hydroxylation is 1. The zero-order chi connectivity index (χ0) is 18.8. The Morgan fingerprint density at radius 2 is 2.11 bits per heavy atom. The lowest BCUT2D eigenvalue weighted by atomic mass is 10.2. The van der Waals surface area contributed by atoms with Crippen LogP contribution in [-0.2, 0) is 6.42 Å². The Labute approximate surface area is 161 Å². The lowest BCUT2D eigenvalue weighted by Crippen LogP contribution is -2.05. The van der Waals surface area contributed by atoms with Crippen LogP contribution in [0, 0.1) is 0 Å². The topological polar surface area (TPSA) is 77.5 Å². The number of methoxy groups -OCH3 is 1. The van der Waals surface area contributed by atoms with Crippen molar-refractivity contribution in [2.75, 3.05) is 12.4 Å². The first-order valence-corrected chi connectivity index (χ1v) is 8.97. The number of aromatic nitrogens is 4. The van der Waals surface area contributed by atoms with E-state index in [-0.39, 0.29) is 0 Å². The summed E-state index contributed by atoms with van der Waals surface area (Å²) in [6.45, 7) is 2.11. The summed E-state index contributed by atoms with van der Waals surface area (Å²) in [5.41, 5.74) is 1.65. The van der Waals surface area contributed by atoms with E-state index >= 15 is 0 Å². The molecule has 0 atom stereocenters. The van der Waals surface area contributed by atoms with Crippen LogP contribution in [-0.4, -0.2) is 26.7 Å². The number of rotatable bonds is 6. The van der Waals surface area contributed by atoms with Crippen LogP contribution in [0.3, 0.4) is 0 Å². The van der Waals surface area contributed by atoms with Crippen LogP contribution < -0.4 is 10.1 Å². The lowest BCUT2D eigenvalue weighted by Gasteiger charge is -2.13. The van der Waals surface area contributed by atoms with E-state index < -0.39 is 0 Å². The predicted molar refractivity (Wildman–Crippen MR) is 104 cm³/mol. The molecule has 8 heteroatoms. The molecule has 0 bridgehead atoms. The first kappa shape index (κ1) is 17.4. The minimum Gasteiger partial charge on any atom is -0.495 e. The molecule has 0 aliphatic heterocycles. The number of furan rings is 1. The molecule has 0 aliphatic rings. The number of anilines is 2. The number of nitrogens with zero attached hydrogens (tertiary/aromatic N) is 4. The van der Waals surface area contributed by atoms with Crippen LogP contribution in [0.15, 0.2) is 47.1 Å². The average molecular weight is 384 g/mol. The van der Waals surface area contributed by atoms with Gasteiger partial charge in [-0.1, -0.05) is 24.9 Å².